The van der Waals surface area contributed by atoms with E-state index in [1.54, 1.807) is 6.92 Å². The van der Waals surface area contributed by atoms with Crippen LogP contribution in [0.3, 0.4) is 0 Å². The van der Waals surface area contributed by atoms with E-state index < -0.39 is 26.5 Å². The van der Waals surface area contributed by atoms with Crippen molar-refractivity contribution >= 4 is 15.7 Å². The lowest BCUT2D eigenvalue weighted by Gasteiger charge is -2.21. The van der Waals surface area contributed by atoms with Crippen molar-refractivity contribution in [1.82, 2.24) is 4.31 Å². The van der Waals surface area contributed by atoms with Gasteiger partial charge in [0.2, 0.25) is 10.0 Å². The minimum atomic E-state index is -3.89. The van der Waals surface area contributed by atoms with Gasteiger partial charge in [-0.2, -0.15) is 4.31 Å². The molecule has 0 bridgehead atoms. The highest BCUT2D eigenvalue weighted by Gasteiger charge is 2.34. The highest BCUT2D eigenvalue weighted by atomic mass is 32.2. The topological polar surface area (TPSA) is 80.5 Å². The molecule has 1 aliphatic rings. The van der Waals surface area contributed by atoms with E-state index >= 15 is 0 Å². The van der Waals surface area contributed by atoms with E-state index in [-0.39, 0.29) is 16.5 Å². The lowest BCUT2D eigenvalue weighted by Crippen LogP contribution is -2.33. The molecule has 0 spiro atoms. The molecule has 1 fully saturated rings. The van der Waals surface area contributed by atoms with Crippen LogP contribution >= 0.6 is 0 Å². The molecular formula is C12H15FN2O4S. The molecule has 0 N–H and O–H groups in total. The van der Waals surface area contributed by atoms with Crippen molar-refractivity contribution in [2.24, 2.45) is 0 Å². The van der Waals surface area contributed by atoms with Gasteiger partial charge in [0.1, 0.15) is 5.82 Å². The number of nitro benzene ring substituents is 1. The van der Waals surface area contributed by atoms with Crippen LogP contribution in [0.1, 0.15) is 25.3 Å². The van der Waals surface area contributed by atoms with E-state index in [4.69, 9.17) is 0 Å². The number of halogens is 1. The Morgan fingerprint density at radius 1 is 1.45 bits per heavy atom. The van der Waals surface area contributed by atoms with Crippen molar-refractivity contribution in [2.75, 3.05) is 6.54 Å². The normalized spacial score (nSPS) is 20.2. The van der Waals surface area contributed by atoms with Gasteiger partial charge in [-0.1, -0.05) is 0 Å². The van der Waals surface area contributed by atoms with Gasteiger partial charge in [-0.25, -0.2) is 12.8 Å². The largest absolute Gasteiger partial charge is 0.276 e. The Balaban J connectivity index is 2.55. The summed E-state index contributed by atoms with van der Waals surface area (Å²) < 4.78 is 39.8. The smallest absolute Gasteiger partial charge is 0.258 e. The molecule has 0 aliphatic carbocycles. The molecule has 0 unspecified atom stereocenters. The highest BCUT2D eigenvalue weighted by Crippen LogP contribution is 2.30. The van der Waals surface area contributed by atoms with E-state index in [2.05, 4.69) is 0 Å². The molecule has 0 radical (unpaired) electrons. The van der Waals surface area contributed by atoms with Crippen molar-refractivity contribution in [1.29, 1.82) is 0 Å². The van der Waals surface area contributed by atoms with Gasteiger partial charge in [0, 0.05) is 18.7 Å². The van der Waals surface area contributed by atoms with Crippen molar-refractivity contribution in [2.45, 2.75) is 37.6 Å². The first-order chi connectivity index (χ1) is 9.25. The molecule has 1 aromatic rings. The molecule has 1 atom stereocenters. The van der Waals surface area contributed by atoms with E-state index in [0.29, 0.717) is 6.54 Å². The van der Waals surface area contributed by atoms with Crippen LogP contribution in [0.4, 0.5) is 10.1 Å². The Bertz CT molecular complexity index is 660. The third-order valence-electron chi connectivity index (χ3n) is 3.59. The maximum Gasteiger partial charge on any atom is 0.276 e. The van der Waals surface area contributed by atoms with E-state index in [9.17, 15) is 22.9 Å². The van der Waals surface area contributed by atoms with Gasteiger partial charge in [-0.05, 0) is 32.8 Å². The maximum absolute atomic E-state index is 13.7. The summed E-state index contributed by atoms with van der Waals surface area (Å²) in [6.45, 7) is 3.37. The molecule has 6 nitrogen and oxygen atoms in total. The van der Waals surface area contributed by atoms with Gasteiger partial charge in [0.25, 0.3) is 5.69 Å². The fourth-order valence-corrected chi connectivity index (χ4v) is 4.11. The fourth-order valence-electron chi connectivity index (χ4n) is 2.38. The first-order valence-electron chi connectivity index (χ1n) is 6.21. The number of sulfonamides is 1. The molecule has 0 saturated carbocycles. The van der Waals surface area contributed by atoms with Crippen molar-refractivity contribution in [3.8, 4) is 0 Å². The number of nitrogens with zero attached hydrogens (tertiary/aromatic N) is 2. The van der Waals surface area contributed by atoms with Gasteiger partial charge in [0.05, 0.1) is 15.4 Å². The number of benzene rings is 1. The zero-order valence-corrected chi connectivity index (χ0v) is 12.0. The SMILES string of the molecule is Cc1c(F)cc(S(=O)(=O)N2CCC[C@@H]2C)cc1[N+](=O)[O-]. The van der Waals surface area contributed by atoms with Crippen LogP contribution in [-0.2, 0) is 10.0 Å². The van der Waals surface area contributed by atoms with Crippen LogP contribution in [0.5, 0.6) is 0 Å². The molecular weight excluding hydrogens is 287 g/mol. The first kappa shape index (κ1) is 14.9. The van der Waals surface area contributed by atoms with Crippen LogP contribution in [0.15, 0.2) is 17.0 Å². The summed E-state index contributed by atoms with van der Waals surface area (Å²) >= 11 is 0. The van der Waals surface area contributed by atoms with Gasteiger partial charge in [-0.15, -0.1) is 0 Å². The van der Waals surface area contributed by atoms with Crippen molar-refractivity contribution in [3.05, 3.63) is 33.6 Å². The van der Waals surface area contributed by atoms with Crippen LogP contribution in [0, 0.1) is 22.9 Å². The van der Waals surface area contributed by atoms with Crippen molar-refractivity contribution in [3.63, 3.8) is 0 Å². The Morgan fingerprint density at radius 3 is 2.60 bits per heavy atom. The minimum absolute atomic E-state index is 0.163. The standard InChI is InChI=1S/C12H15FN2O4S/c1-8-4-3-5-14(8)20(18,19)10-6-11(13)9(2)12(7-10)15(16)17/h6-8H,3-5H2,1-2H3/t8-/m0/s1. The number of nitro groups is 1. The molecule has 1 aromatic carbocycles. The minimum Gasteiger partial charge on any atom is -0.258 e. The number of hydrogen-bond donors (Lipinski definition) is 0. The van der Waals surface area contributed by atoms with E-state index in [1.807, 2.05) is 0 Å². The second-order valence-electron chi connectivity index (χ2n) is 4.91. The molecule has 8 heteroatoms. The molecule has 1 saturated heterocycles. The number of rotatable bonds is 3. The Morgan fingerprint density at radius 2 is 2.10 bits per heavy atom. The average Bonchev–Trinajstić information content (AvgIpc) is 2.78. The van der Waals surface area contributed by atoms with E-state index in [0.717, 1.165) is 25.0 Å². The summed E-state index contributed by atoms with van der Waals surface area (Å²) in [6.07, 6.45) is 1.46. The Labute approximate surface area is 116 Å². The third-order valence-corrected chi connectivity index (χ3v) is 5.58. The predicted molar refractivity (Wildman–Crippen MR) is 70.4 cm³/mol. The number of hydrogen-bond acceptors (Lipinski definition) is 4. The molecule has 110 valence electrons. The Kier molecular flexibility index (Phi) is 3.79. The van der Waals surface area contributed by atoms with Crippen LogP contribution in [0.25, 0.3) is 0 Å². The second kappa shape index (κ2) is 5.10. The monoisotopic (exact) mass is 302 g/mol. The zero-order chi connectivity index (χ0) is 15.1. The van der Waals surface area contributed by atoms with Crippen LogP contribution in [-0.4, -0.2) is 30.2 Å². The predicted octanol–water partition coefficient (Wildman–Crippen LogP) is 2.22. The quantitative estimate of drug-likeness (QED) is 0.633. The second-order valence-corrected chi connectivity index (χ2v) is 6.80. The lowest BCUT2D eigenvalue weighted by atomic mass is 10.2. The summed E-state index contributed by atoms with van der Waals surface area (Å²) in [5.41, 5.74) is -0.682. The molecule has 0 amide bonds. The molecule has 0 aromatic heterocycles. The Hall–Kier alpha value is -1.54. The van der Waals surface area contributed by atoms with Crippen LogP contribution in [0.2, 0.25) is 0 Å². The van der Waals surface area contributed by atoms with Gasteiger partial charge >= 0.3 is 0 Å². The summed E-state index contributed by atoms with van der Waals surface area (Å²) in [7, 11) is -3.89. The third kappa shape index (κ3) is 2.40. The van der Waals surface area contributed by atoms with Crippen LogP contribution < -0.4 is 0 Å². The molecule has 20 heavy (non-hydrogen) atoms. The zero-order valence-electron chi connectivity index (χ0n) is 11.2. The molecule has 1 aliphatic heterocycles. The van der Waals surface area contributed by atoms with E-state index in [1.165, 1.54) is 11.2 Å². The lowest BCUT2D eigenvalue weighted by molar-refractivity contribution is -0.385. The van der Waals surface area contributed by atoms with Crippen molar-refractivity contribution < 1.29 is 17.7 Å². The highest BCUT2D eigenvalue weighted by molar-refractivity contribution is 7.89. The summed E-state index contributed by atoms with van der Waals surface area (Å²) in [4.78, 5) is 9.74. The summed E-state index contributed by atoms with van der Waals surface area (Å²) in [5, 5.41) is 10.9. The maximum atomic E-state index is 13.7. The molecule has 1 heterocycles. The first-order valence-corrected chi connectivity index (χ1v) is 7.65. The van der Waals surface area contributed by atoms with Gasteiger partial charge < -0.3 is 0 Å². The summed E-state index contributed by atoms with van der Waals surface area (Å²) in [5.74, 6) is -0.885. The summed E-state index contributed by atoms with van der Waals surface area (Å²) in [6, 6.07) is 1.60. The average molecular weight is 302 g/mol. The van der Waals surface area contributed by atoms with Gasteiger partial charge in [0.15, 0.2) is 0 Å². The van der Waals surface area contributed by atoms with Gasteiger partial charge in [-0.3, -0.25) is 10.1 Å². The fraction of sp³-hybridized carbons (Fsp3) is 0.500. The molecule has 2 rings (SSSR count).